The largest absolute Gasteiger partial charge is 0.481 e. The molecule has 2 N–H and O–H groups in total. The van der Waals surface area contributed by atoms with Crippen molar-refractivity contribution in [3.63, 3.8) is 0 Å². The van der Waals surface area contributed by atoms with Crippen molar-refractivity contribution in [3.05, 3.63) is 46.5 Å². The van der Waals surface area contributed by atoms with Crippen molar-refractivity contribution in [2.24, 2.45) is 56.2 Å². The molecule has 1 aliphatic heterocycles. The molecule has 7 heteroatoms. The summed E-state index contributed by atoms with van der Waals surface area (Å²) < 4.78 is 6.18. The number of fused-ring (bicyclic) bond motifs is 8. The number of nitrogens with zero attached hydrogens (tertiary/aromatic N) is 1. The van der Waals surface area contributed by atoms with Gasteiger partial charge in [-0.2, -0.15) is 0 Å². The van der Waals surface area contributed by atoms with Crippen LogP contribution < -0.4 is 0 Å². The predicted octanol–water partition coefficient (Wildman–Crippen LogP) is 8.76. The fraction of sp³-hybridized carbons (Fsp3) is 0.756. The molecule has 0 aromatic heterocycles. The van der Waals surface area contributed by atoms with Crippen LogP contribution in [0.1, 0.15) is 138 Å². The molecule has 1 unspecified atom stereocenters. The quantitative estimate of drug-likeness (QED) is 0.260. The highest BCUT2D eigenvalue weighted by Gasteiger charge is 2.71. The second-order valence-corrected chi connectivity index (χ2v) is 20.5. The van der Waals surface area contributed by atoms with E-state index in [0.717, 1.165) is 70.0 Å². The SMILES string of the molecule is CC(C)C1=C2[C@H]3CC[C@@H]4[C@@]5(C)CCC(OC(=O)CC(C)(C)C(=O)O)C(C)(C)[C@@H]5CC[C@@]4(C)[C@]3(C)CC[C@@]2([C@H](O)CN2Cc3ccccc3C2)CC1=O. The van der Waals surface area contributed by atoms with E-state index < -0.39 is 28.9 Å². The first-order valence-electron chi connectivity index (χ1n) is 20.4. The number of allylic oxidation sites excluding steroid dienone is 1. The van der Waals surface area contributed by atoms with Gasteiger partial charge < -0.3 is 14.9 Å². The van der Waals surface area contributed by atoms with Crippen LogP contribution in [0.3, 0.4) is 0 Å². The van der Waals surface area contributed by atoms with Crippen molar-refractivity contribution in [1.29, 1.82) is 0 Å². The van der Waals surface area contributed by atoms with E-state index in [-0.39, 0.29) is 51.8 Å². The number of aliphatic hydroxyl groups is 1. The number of aliphatic carboxylic acids is 1. The van der Waals surface area contributed by atoms with Crippen molar-refractivity contribution in [1.82, 2.24) is 4.90 Å². The highest BCUT2D eigenvalue weighted by Crippen LogP contribution is 2.77. The zero-order valence-corrected chi connectivity index (χ0v) is 33.4. The van der Waals surface area contributed by atoms with Gasteiger partial charge in [0.1, 0.15) is 6.10 Å². The lowest BCUT2D eigenvalue weighted by Crippen LogP contribution is -2.66. The molecule has 4 fully saturated rings. The van der Waals surface area contributed by atoms with Gasteiger partial charge in [-0.1, -0.05) is 78.3 Å². The first kappa shape index (κ1) is 37.8. The Kier molecular flexibility index (Phi) is 9.09. The molecule has 0 bridgehead atoms. The van der Waals surface area contributed by atoms with Crippen LogP contribution >= 0.6 is 0 Å². The van der Waals surface area contributed by atoms with E-state index in [1.807, 2.05) is 0 Å². The Balaban J connectivity index is 1.16. The van der Waals surface area contributed by atoms with Gasteiger partial charge in [0.2, 0.25) is 0 Å². The number of benzene rings is 1. The number of carboxylic acid groups (broad SMARTS) is 1. The maximum absolute atomic E-state index is 14.1. The van der Waals surface area contributed by atoms with Gasteiger partial charge in [0.05, 0.1) is 17.9 Å². The molecule has 6 aliphatic rings. The Morgan fingerprint density at radius 2 is 1.56 bits per heavy atom. The average molecular weight is 716 g/mol. The van der Waals surface area contributed by atoms with Gasteiger partial charge >= 0.3 is 11.9 Å². The minimum Gasteiger partial charge on any atom is -0.481 e. The molecule has 1 heterocycles. The van der Waals surface area contributed by atoms with Crippen molar-refractivity contribution >= 4 is 17.7 Å². The molecule has 0 spiro atoms. The lowest BCUT2D eigenvalue weighted by molar-refractivity contribution is -0.235. The number of carbonyl (C=O) groups excluding carboxylic acids is 2. The Labute approximate surface area is 312 Å². The number of rotatable bonds is 8. The molecule has 4 saturated carbocycles. The van der Waals surface area contributed by atoms with Crippen molar-refractivity contribution in [2.75, 3.05) is 6.54 Å². The van der Waals surface area contributed by atoms with E-state index in [4.69, 9.17) is 4.74 Å². The number of Topliss-reactive ketones (excluding diaryl/α,β-unsaturated/α-hetero) is 1. The highest BCUT2D eigenvalue weighted by molar-refractivity contribution is 6.00. The van der Waals surface area contributed by atoms with Gasteiger partial charge in [0.15, 0.2) is 5.78 Å². The van der Waals surface area contributed by atoms with Crippen LogP contribution in [0.25, 0.3) is 0 Å². The van der Waals surface area contributed by atoms with Crippen LogP contribution in [-0.4, -0.2) is 51.6 Å². The number of β-amino-alcohol motifs (C(OH)–C–C–N with tert-alkyl or cyclic N) is 1. The maximum Gasteiger partial charge on any atom is 0.309 e. The molecule has 0 radical (unpaired) electrons. The molecule has 0 saturated heterocycles. The smallest absolute Gasteiger partial charge is 0.309 e. The van der Waals surface area contributed by atoms with E-state index in [9.17, 15) is 24.6 Å². The number of carboxylic acids is 1. The lowest BCUT2D eigenvalue weighted by atomic mass is 9.33. The maximum atomic E-state index is 14.1. The van der Waals surface area contributed by atoms with Crippen LogP contribution in [0, 0.1) is 56.2 Å². The van der Waals surface area contributed by atoms with Crippen molar-refractivity contribution < 1.29 is 29.3 Å². The minimum absolute atomic E-state index is 0.00691. The fourth-order valence-corrected chi connectivity index (χ4v) is 13.9. The molecule has 9 atom stereocenters. The van der Waals surface area contributed by atoms with Crippen LogP contribution in [-0.2, 0) is 32.2 Å². The number of hydrogen-bond donors (Lipinski definition) is 2. The monoisotopic (exact) mass is 715 g/mol. The van der Waals surface area contributed by atoms with E-state index >= 15 is 0 Å². The lowest BCUT2D eigenvalue weighted by Gasteiger charge is -2.72. The van der Waals surface area contributed by atoms with Crippen LogP contribution in [0.15, 0.2) is 35.4 Å². The van der Waals surface area contributed by atoms with Gasteiger partial charge in [0.25, 0.3) is 0 Å². The van der Waals surface area contributed by atoms with Crippen LogP contribution in [0.2, 0.25) is 0 Å². The molecule has 0 amide bonds. The van der Waals surface area contributed by atoms with E-state index in [0.29, 0.717) is 24.8 Å². The zero-order valence-electron chi connectivity index (χ0n) is 33.4. The summed E-state index contributed by atoms with van der Waals surface area (Å²) in [6, 6.07) is 8.60. The third-order valence-corrected chi connectivity index (χ3v) is 16.8. The number of ketones is 1. The van der Waals surface area contributed by atoms with Crippen molar-refractivity contribution in [3.8, 4) is 0 Å². The minimum atomic E-state index is -1.16. The Morgan fingerprint density at radius 1 is 0.904 bits per heavy atom. The number of carbonyl (C=O) groups is 3. The summed E-state index contributed by atoms with van der Waals surface area (Å²) in [6.45, 7) is 22.1. The summed E-state index contributed by atoms with van der Waals surface area (Å²) in [4.78, 5) is 41.4. The summed E-state index contributed by atoms with van der Waals surface area (Å²) in [5, 5.41) is 22.0. The summed E-state index contributed by atoms with van der Waals surface area (Å²) in [6.07, 6.45) is 7.47. The molecule has 1 aromatic carbocycles. The second kappa shape index (κ2) is 12.5. The predicted molar refractivity (Wildman–Crippen MR) is 202 cm³/mol. The Morgan fingerprint density at radius 3 is 2.17 bits per heavy atom. The van der Waals surface area contributed by atoms with Crippen molar-refractivity contribution in [2.45, 2.75) is 152 Å². The van der Waals surface area contributed by atoms with E-state index in [1.54, 1.807) is 13.8 Å². The van der Waals surface area contributed by atoms with Gasteiger partial charge in [0, 0.05) is 36.9 Å². The molecule has 5 aliphatic carbocycles. The van der Waals surface area contributed by atoms with Crippen LogP contribution in [0.4, 0.5) is 0 Å². The molecular weight excluding hydrogens is 650 g/mol. The number of aliphatic hydroxyl groups excluding tert-OH is 1. The number of hydrogen-bond acceptors (Lipinski definition) is 6. The molecule has 52 heavy (non-hydrogen) atoms. The standard InChI is InChI=1S/C45H65NO6/c1-27(2)37-31(47)22-45(34(48)26-46-24-28-12-10-11-13-29(28)25-46)21-20-43(8)30(38(37)45)14-15-33-42(7)18-17-35(52-36(49)23-40(3,4)39(50)51)41(5,6)32(42)16-19-44(33,43)9/h10-13,27,30,32-35,48H,14-26H2,1-9H3,(H,50,51)/t30-,32+,33-,34-,35?,42+,43-,44-,45+/m1/s1. The van der Waals surface area contributed by atoms with Gasteiger partial charge in [-0.05, 0) is 122 Å². The molecule has 1 aromatic rings. The summed E-state index contributed by atoms with van der Waals surface area (Å²) in [7, 11) is 0. The molecule has 7 nitrogen and oxygen atoms in total. The normalized spacial score (nSPS) is 38.9. The summed E-state index contributed by atoms with van der Waals surface area (Å²) >= 11 is 0. The van der Waals surface area contributed by atoms with Gasteiger partial charge in [-0.15, -0.1) is 0 Å². The summed E-state index contributed by atoms with van der Waals surface area (Å²) in [5.74, 6) is 0.161. The Bertz CT molecular complexity index is 1650. The fourth-order valence-electron chi connectivity index (χ4n) is 13.9. The molecule has 7 rings (SSSR count). The number of ether oxygens (including phenoxy) is 1. The first-order valence-corrected chi connectivity index (χ1v) is 20.4. The van der Waals surface area contributed by atoms with E-state index in [2.05, 4.69) is 77.6 Å². The zero-order chi connectivity index (χ0) is 37.8. The third kappa shape index (κ3) is 5.43. The molecular formula is C45H65NO6. The summed E-state index contributed by atoms with van der Waals surface area (Å²) in [5.41, 5.74) is 3.32. The highest BCUT2D eigenvalue weighted by atomic mass is 16.5. The first-order chi connectivity index (χ1) is 24.2. The van der Waals surface area contributed by atoms with Crippen LogP contribution in [0.5, 0.6) is 0 Å². The number of esters is 1. The Hall–Kier alpha value is -2.51. The van der Waals surface area contributed by atoms with Gasteiger partial charge in [-0.25, -0.2) is 0 Å². The van der Waals surface area contributed by atoms with Gasteiger partial charge in [-0.3, -0.25) is 19.3 Å². The average Bonchev–Trinajstić information content (AvgIpc) is 3.60. The second-order valence-electron chi connectivity index (χ2n) is 20.5. The molecule has 286 valence electrons. The topological polar surface area (TPSA) is 104 Å². The third-order valence-electron chi connectivity index (χ3n) is 16.8. The van der Waals surface area contributed by atoms with E-state index in [1.165, 1.54) is 16.7 Å².